The summed E-state index contributed by atoms with van der Waals surface area (Å²) in [4.78, 5) is 15.2. The second-order valence-electron chi connectivity index (χ2n) is 3.60. The number of aromatic nitrogens is 1. The van der Waals surface area contributed by atoms with Gasteiger partial charge in [0.05, 0.1) is 12.6 Å². The van der Waals surface area contributed by atoms with E-state index in [1.807, 2.05) is 6.07 Å². The van der Waals surface area contributed by atoms with Gasteiger partial charge in [0.25, 0.3) is 10.0 Å². The highest BCUT2D eigenvalue weighted by molar-refractivity contribution is 14.1. The third-order valence-electron chi connectivity index (χ3n) is 2.23. The molecule has 1 aromatic carbocycles. The van der Waals surface area contributed by atoms with Gasteiger partial charge < -0.3 is 4.74 Å². The number of esters is 1. The van der Waals surface area contributed by atoms with E-state index >= 15 is 0 Å². The number of anilines is 1. The zero-order chi connectivity index (χ0) is 14.8. The number of nitrogens with one attached hydrogen (secondary N) is 1. The molecule has 0 saturated carbocycles. The number of carbonyl (C=O) groups is 1. The summed E-state index contributed by atoms with van der Waals surface area (Å²) in [6.45, 7) is 0. The van der Waals surface area contributed by atoms with Crippen molar-refractivity contribution in [1.82, 2.24) is 4.98 Å². The van der Waals surface area contributed by atoms with Crippen LogP contribution < -0.4 is 4.72 Å². The minimum Gasteiger partial charge on any atom is -0.464 e. The molecule has 1 heterocycles. The second-order valence-corrected chi connectivity index (χ2v) is 7.57. The van der Waals surface area contributed by atoms with Crippen molar-refractivity contribution < 1.29 is 17.9 Å². The van der Waals surface area contributed by atoms with E-state index in [-0.39, 0.29) is 9.90 Å². The number of hydrogen-bond acceptors (Lipinski definition) is 6. The quantitative estimate of drug-likeness (QED) is 0.602. The Balaban J connectivity index is 2.36. The largest absolute Gasteiger partial charge is 0.464 e. The van der Waals surface area contributed by atoms with Crippen LogP contribution in [-0.2, 0) is 14.8 Å². The molecule has 1 aromatic heterocycles. The minimum absolute atomic E-state index is 0.164. The van der Waals surface area contributed by atoms with Gasteiger partial charge in [0.15, 0.2) is 9.90 Å². The Hall–Kier alpha value is -1.20. The van der Waals surface area contributed by atoms with Crippen LogP contribution in [0, 0.1) is 3.57 Å². The molecule has 0 unspecified atom stereocenters. The maximum absolute atomic E-state index is 12.3. The van der Waals surface area contributed by atoms with Crippen molar-refractivity contribution in [2.24, 2.45) is 0 Å². The summed E-state index contributed by atoms with van der Waals surface area (Å²) in [7, 11) is -2.70. The van der Waals surface area contributed by atoms with Gasteiger partial charge in [-0.1, -0.05) is 6.07 Å². The zero-order valence-corrected chi connectivity index (χ0v) is 14.0. The van der Waals surface area contributed by atoms with Gasteiger partial charge in [-0.2, -0.15) is 0 Å². The van der Waals surface area contributed by atoms with E-state index in [2.05, 4.69) is 37.0 Å². The molecule has 0 aliphatic rings. The average molecular weight is 424 g/mol. The molecule has 9 heteroatoms. The Bertz CT molecular complexity index is 742. The van der Waals surface area contributed by atoms with E-state index in [0.29, 0.717) is 5.69 Å². The Morgan fingerprint density at radius 1 is 1.45 bits per heavy atom. The summed E-state index contributed by atoms with van der Waals surface area (Å²) in [6, 6.07) is 6.87. The fraction of sp³-hybridized carbons (Fsp3) is 0.0909. The molecular weight excluding hydrogens is 415 g/mol. The van der Waals surface area contributed by atoms with Crippen LogP contribution in [0.5, 0.6) is 0 Å². The predicted octanol–water partition coefficient (Wildman–Crippen LogP) is 2.34. The van der Waals surface area contributed by atoms with Crippen LogP contribution in [0.3, 0.4) is 0 Å². The van der Waals surface area contributed by atoms with Crippen LogP contribution in [0.2, 0.25) is 0 Å². The highest BCUT2D eigenvalue weighted by atomic mass is 127. The first-order valence-corrected chi connectivity index (χ1v) is 8.68. The third-order valence-corrected chi connectivity index (χ3v) is 5.66. The van der Waals surface area contributed by atoms with Crippen LogP contribution in [0.1, 0.15) is 10.5 Å². The van der Waals surface area contributed by atoms with Crippen molar-refractivity contribution in [1.29, 1.82) is 0 Å². The summed E-state index contributed by atoms with van der Waals surface area (Å²) in [6.07, 6.45) is 0. The molecule has 0 spiro atoms. The predicted molar refractivity (Wildman–Crippen MR) is 83.4 cm³/mol. The standard InChI is InChI=1S/C11H9IN2O4S2/c1-18-10(15)9-11(19-6-13-9)20(16,17)14-8-4-2-3-7(12)5-8/h2-6,14H,1H3. The van der Waals surface area contributed by atoms with E-state index < -0.39 is 16.0 Å². The Morgan fingerprint density at radius 2 is 2.20 bits per heavy atom. The number of thiazole rings is 1. The Labute approximate surface area is 133 Å². The van der Waals surface area contributed by atoms with Crippen LogP contribution in [0.25, 0.3) is 0 Å². The summed E-state index contributed by atoms with van der Waals surface area (Å²) < 4.78 is 32.2. The summed E-state index contributed by atoms with van der Waals surface area (Å²) in [5.41, 5.74) is 1.49. The van der Waals surface area contributed by atoms with Gasteiger partial charge in [0, 0.05) is 9.26 Å². The molecule has 106 valence electrons. The first-order chi connectivity index (χ1) is 9.44. The zero-order valence-electron chi connectivity index (χ0n) is 10.2. The highest BCUT2D eigenvalue weighted by Crippen LogP contribution is 2.24. The molecule has 1 N–H and O–H groups in total. The Kier molecular flexibility index (Phi) is 4.60. The number of rotatable bonds is 4. The van der Waals surface area contributed by atoms with Crippen molar-refractivity contribution >= 4 is 55.6 Å². The monoisotopic (exact) mass is 424 g/mol. The number of halogens is 1. The molecular formula is C11H9IN2O4S2. The number of carbonyl (C=O) groups excluding carboxylic acids is 1. The fourth-order valence-electron chi connectivity index (χ4n) is 1.41. The molecule has 0 aliphatic heterocycles. The van der Waals surface area contributed by atoms with Gasteiger partial charge >= 0.3 is 5.97 Å². The minimum atomic E-state index is -3.87. The molecule has 0 amide bonds. The lowest BCUT2D eigenvalue weighted by Crippen LogP contribution is -2.16. The molecule has 6 nitrogen and oxygen atoms in total. The second kappa shape index (κ2) is 6.06. The molecule has 0 fully saturated rings. The molecule has 2 rings (SSSR count). The van der Waals surface area contributed by atoms with Crippen molar-refractivity contribution in [3.05, 3.63) is 39.0 Å². The lowest BCUT2D eigenvalue weighted by Gasteiger charge is -2.07. The maximum Gasteiger partial charge on any atom is 0.358 e. The number of nitrogens with zero attached hydrogens (tertiary/aromatic N) is 1. The van der Waals surface area contributed by atoms with Gasteiger partial charge in [0.1, 0.15) is 0 Å². The third kappa shape index (κ3) is 3.27. The van der Waals surface area contributed by atoms with Gasteiger partial charge in [-0.05, 0) is 40.8 Å². The number of methoxy groups -OCH3 is 1. The summed E-state index contributed by atoms with van der Waals surface area (Å²) in [5.74, 6) is -0.783. The first kappa shape index (κ1) is 15.2. The van der Waals surface area contributed by atoms with Crippen molar-refractivity contribution in [3.63, 3.8) is 0 Å². The lowest BCUT2D eigenvalue weighted by atomic mass is 10.3. The fourth-order valence-corrected chi connectivity index (χ4v) is 4.14. The lowest BCUT2D eigenvalue weighted by molar-refractivity contribution is 0.0590. The van der Waals surface area contributed by atoms with Crippen LogP contribution in [0.15, 0.2) is 34.0 Å². The average Bonchev–Trinajstić information content (AvgIpc) is 2.87. The van der Waals surface area contributed by atoms with E-state index in [4.69, 9.17) is 0 Å². The molecule has 0 saturated heterocycles. The van der Waals surface area contributed by atoms with Crippen molar-refractivity contribution in [2.45, 2.75) is 4.21 Å². The highest BCUT2D eigenvalue weighted by Gasteiger charge is 2.26. The number of sulfonamides is 1. The van der Waals surface area contributed by atoms with E-state index in [1.165, 1.54) is 12.6 Å². The van der Waals surface area contributed by atoms with Gasteiger partial charge in [-0.15, -0.1) is 11.3 Å². The van der Waals surface area contributed by atoms with Crippen LogP contribution in [0.4, 0.5) is 5.69 Å². The Morgan fingerprint density at radius 3 is 2.85 bits per heavy atom. The van der Waals surface area contributed by atoms with Crippen LogP contribution >= 0.6 is 33.9 Å². The number of hydrogen-bond donors (Lipinski definition) is 1. The smallest absolute Gasteiger partial charge is 0.358 e. The van der Waals surface area contributed by atoms with Gasteiger partial charge in [-0.3, -0.25) is 4.72 Å². The van der Waals surface area contributed by atoms with Gasteiger partial charge in [0.2, 0.25) is 0 Å². The van der Waals surface area contributed by atoms with E-state index in [0.717, 1.165) is 14.9 Å². The maximum atomic E-state index is 12.3. The first-order valence-electron chi connectivity index (χ1n) is 5.24. The normalized spacial score (nSPS) is 11.1. The molecule has 2 aromatic rings. The molecule has 0 bridgehead atoms. The SMILES string of the molecule is COC(=O)c1ncsc1S(=O)(=O)Nc1cccc(I)c1. The van der Waals surface area contributed by atoms with Crippen molar-refractivity contribution in [2.75, 3.05) is 11.8 Å². The van der Waals surface area contributed by atoms with Crippen molar-refractivity contribution in [3.8, 4) is 0 Å². The van der Waals surface area contributed by atoms with E-state index in [1.54, 1.807) is 18.2 Å². The molecule has 0 atom stereocenters. The number of ether oxygens (including phenoxy) is 1. The summed E-state index contributed by atoms with van der Waals surface area (Å²) in [5, 5.41) is 0. The molecule has 20 heavy (non-hydrogen) atoms. The van der Waals surface area contributed by atoms with Gasteiger partial charge in [-0.25, -0.2) is 18.2 Å². The van der Waals surface area contributed by atoms with E-state index in [9.17, 15) is 13.2 Å². The summed E-state index contributed by atoms with van der Waals surface area (Å²) >= 11 is 2.93. The van der Waals surface area contributed by atoms with Crippen LogP contribution in [-0.4, -0.2) is 26.5 Å². The molecule has 0 radical (unpaired) electrons. The molecule has 0 aliphatic carbocycles. The number of benzene rings is 1. The topological polar surface area (TPSA) is 85.4 Å².